The fourth-order valence-electron chi connectivity index (χ4n) is 0.619. The molecule has 0 aliphatic rings. The van der Waals surface area contributed by atoms with Crippen molar-refractivity contribution in [3.8, 4) is 5.75 Å². The van der Waals surface area contributed by atoms with E-state index in [0.717, 1.165) is 18.2 Å². The number of benzene rings is 1. The van der Waals surface area contributed by atoms with Crippen molar-refractivity contribution in [3.05, 3.63) is 30.3 Å². The molecule has 0 radical (unpaired) electrons. The van der Waals surface area contributed by atoms with Crippen LogP contribution >= 0.6 is 6.72 Å². The molecule has 11 heteroatoms. The van der Waals surface area contributed by atoms with E-state index in [-0.39, 0.29) is 0 Å². The lowest BCUT2D eigenvalue weighted by Gasteiger charge is -2.08. The van der Waals surface area contributed by atoms with Gasteiger partial charge in [-0.15, -0.1) is 0 Å². The van der Waals surface area contributed by atoms with Crippen LogP contribution in [-0.2, 0) is 26.2 Å². The first-order valence-corrected chi connectivity index (χ1v) is 6.87. The number of rotatable bonds is 2. The molecule has 0 heterocycles. The topological polar surface area (TPSA) is 172 Å². The fraction of sp³-hybridized carbons (Fsp3) is 0. The van der Waals surface area contributed by atoms with Gasteiger partial charge >= 0.3 is 6.72 Å². The molecule has 0 atom stereocenters. The van der Waals surface area contributed by atoms with Gasteiger partial charge in [0.05, 0.1) is 0 Å². The summed E-state index contributed by atoms with van der Waals surface area (Å²) >= 11 is 4.27. The van der Waals surface area contributed by atoms with Crippen LogP contribution in [0.25, 0.3) is 0 Å². The van der Waals surface area contributed by atoms with Crippen molar-refractivity contribution in [2.75, 3.05) is 0 Å². The zero-order chi connectivity index (χ0) is 16.4. The monoisotopic (exact) mass is 319 g/mol. The molecule has 0 amide bonds. The number of nitrogens with one attached hydrogen (secondary N) is 3. The third kappa shape index (κ3) is 29.6. The molecule has 0 bridgehead atoms. The number of carbonyl (C=O) groups excluding carboxylic acids is 3. The van der Waals surface area contributed by atoms with Crippen molar-refractivity contribution in [1.29, 1.82) is 16.2 Å². The van der Waals surface area contributed by atoms with E-state index in [1.807, 2.05) is 0 Å². The van der Waals surface area contributed by atoms with E-state index in [2.05, 4.69) is 16.3 Å². The van der Waals surface area contributed by atoms with Crippen LogP contribution in [-0.4, -0.2) is 28.0 Å². The summed E-state index contributed by atoms with van der Waals surface area (Å²) in [5, 5.41) is 16.2. The summed E-state index contributed by atoms with van der Waals surface area (Å²) in [4.78, 5) is 42.5. The Morgan fingerprint density at radius 1 is 0.950 bits per heavy atom. The zero-order valence-corrected chi connectivity index (χ0v) is 11.5. The van der Waals surface area contributed by atoms with E-state index in [4.69, 9.17) is 40.4 Å². The molecule has 5 N–H and O–H groups in total. The van der Waals surface area contributed by atoms with Gasteiger partial charge in [-0.25, -0.2) is 30.6 Å². The number of hydrogen-bond acceptors (Lipinski definition) is 8. The normalized spacial score (nSPS) is 7.30. The number of hydrogen-bond donors (Lipinski definition) is 5. The van der Waals surface area contributed by atoms with Crippen LogP contribution in [0.3, 0.4) is 0 Å². The Labute approximate surface area is 118 Å². The Bertz CT molecular complexity index is 471. The molecule has 108 valence electrons. The predicted molar refractivity (Wildman–Crippen MR) is 71.0 cm³/mol. The first-order chi connectivity index (χ1) is 9.32. The molecule has 1 rings (SSSR count). The summed E-state index contributed by atoms with van der Waals surface area (Å²) < 4.78 is 4.64. The predicted octanol–water partition coefficient (Wildman–Crippen LogP) is 0.977. The summed E-state index contributed by atoms with van der Waals surface area (Å²) in [5.74, 6) is 0.376. The molecule has 0 aliphatic heterocycles. The standard InChI is InChI=1S/C6H7O3PS.3CHNO/c7-10(8,11)9-6-4-2-1-3-5-6;3*2-1-3/h1-5H,(H2,7,8,11);3*2H. The molecule has 0 unspecified atom stereocenters. The fourth-order valence-corrected chi connectivity index (χ4v) is 1.27. The molecule has 0 aromatic heterocycles. The minimum absolute atomic E-state index is 0.376. The molecule has 0 aliphatic carbocycles. The Hall–Kier alpha value is -2.27. The molecule has 1 aromatic carbocycles. The SMILES string of the molecule is N=C=O.N=C=O.N=C=O.OP(O)(=S)Oc1ccccc1. The minimum atomic E-state index is -3.55. The highest BCUT2D eigenvalue weighted by atomic mass is 32.5. The van der Waals surface area contributed by atoms with E-state index < -0.39 is 6.72 Å². The third-order valence-corrected chi connectivity index (χ3v) is 1.64. The quantitative estimate of drug-likeness (QED) is 0.307. The van der Waals surface area contributed by atoms with Crippen molar-refractivity contribution in [2.45, 2.75) is 0 Å². The Morgan fingerprint density at radius 3 is 1.50 bits per heavy atom. The van der Waals surface area contributed by atoms with Crippen molar-refractivity contribution in [2.24, 2.45) is 0 Å². The van der Waals surface area contributed by atoms with Gasteiger partial charge in [-0.1, -0.05) is 18.2 Å². The molecular formula is C9H10N3O6PS. The molecule has 20 heavy (non-hydrogen) atoms. The zero-order valence-electron chi connectivity index (χ0n) is 9.77. The second-order valence-electron chi connectivity index (χ2n) is 2.20. The van der Waals surface area contributed by atoms with Gasteiger partial charge in [0, 0.05) is 11.8 Å². The molecule has 0 spiro atoms. The van der Waals surface area contributed by atoms with Gasteiger partial charge in [-0.2, -0.15) is 0 Å². The molecule has 0 saturated heterocycles. The second-order valence-corrected chi connectivity index (χ2v) is 4.79. The van der Waals surface area contributed by atoms with Gasteiger partial charge in [-0.05, 0) is 12.1 Å². The highest BCUT2D eigenvalue weighted by molar-refractivity contribution is 8.06. The smallest absolute Gasteiger partial charge is 0.375 e. The maximum absolute atomic E-state index is 8.73. The van der Waals surface area contributed by atoms with Crippen LogP contribution in [0.2, 0.25) is 0 Å². The average Bonchev–Trinajstić information content (AvgIpc) is 2.31. The van der Waals surface area contributed by atoms with Crippen molar-refractivity contribution < 1.29 is 28.7 Å². The van der Waals surface area contributed by atoms with Crippen molar-refractivity contribution >= 4 is 36.8 Å². The van der Waals surface area contributed by atoms with Crippen molar-refractivity contribution in [3.63, 3.8) is 0 Å². The number of isocyanates is 3. The van der Waals surface area contributed by atoms with Crippen molar-refractivity contribution in [1.82, 2.24) is 0 Å². The van der Waals surface area contributed by atoms with Gasteiger partial charge in [-0.3, -0.25) is 0 Å². The summed E-state index contributed by atoms with van der Waals surface area (Å²) in [6, 6.07) is 8.45. The van der Waals surface area contributed by atoms with E-state index in [1.165, 1.54) is 0 Å². The Morgan fingerprint density at radius 2 is 1.25 bits per heavy atom. The van der Waals surface area contributed by atoms with Crippen LogP contribution in [0, 0.1) is 16.2 Å². The summed E-state index contributed by atoms with van der Waals surface area (Å²) in [5.41, 5.74) is 0. The summed E-state index contributed by atoms with van der Waals surface area (Å²) in [7, 11) is 0. The number of para-hydroxylation sites is 1. The molecular weight excluding hydrogens is 309 g/mol. The molecule has 1 aromatic rings. The second kappa shape index (κ2) is 16.7. The van der Waals surface area contributed by atoms with Gasteiger partial charge in [0.25, 0.3) is 0 Å². The van der Waals surface area contributed by atoms with Crippen LogP contribution in [0.5, 0.6) is 5.75 Å². The van der Waals surface area contributed by atoms with Gasteiger partial charge < -0.3 is 14.3 Å². The largest absolute Gasteiger partial charge is 0.424 e. The first-order valence-electron chi connectivity index (χ1n) is 4.24. The highest BCUT2D eigenvalue weighted by Crippen LogP contribution is 2.37. The minimum Gasteiger partial charge on any atom is -0.424 e. The van der Waals surface area contributed by atoms with Crippen LogP contribution in [0.4, 0.5) is 0 Å². The van der Waals surface area contributed by atoms with Crippen LogP contribution in [0.15, 0.2) is 30.3 Å². The van der Waals surface area contributed by atoms with E-state index in [9.17, 15) is 0 Å². The van der Waals surface area contributed by atoms with E-state index >= 15 is 0 Å². The molecule has 0 fully saturated rings. The van der Waals surface area contributed by atoms with E-state index in [0.29, 0.717) is 5.75 Å². The lowest BCUT2D eigenvalue weighted by atomic mass is 10.3. The van der Waals surface area contributed by atoms with Crippen LogP contribution in [0.1, 0.15) is 0 Å². The molecule has 9 nitrogen and oxygen atoms in total. The summed E-state index contributed by atoms with van der Waals surface area (Å²) in [6.45, 7) is -3.55. The van der Waals surface area contributed by atoms with E-state index in [1.54, 1.807) is 30.3 Å². The van der Waals surface area contributed by atoms with Gasteiger partial charge in [0.1, 0.15) is 5.75 Å². The van der Waals surface area contributed by atoms with Crippen LogP contribution < -0.4 is 4.52 Å². The average molecular weight is 319 g/mol. The summed E-state index contributed by atoms with van der Waals surface area (Å²) in [6.07, 6.45) is 2.25. The Kier molecular flexibility index (Phi) is 19.1. The third-order valence-electron chi connectivity index (χ3n) is 0.968. The first kappa shape index (κ1) is 22.9. The lowest BCUT2D eigenvalue weighted by Crippen LogP contribution is -1.88. The maximum atomic E-state index is 8.73. The molecule has 0 saturated carbocycles. The Balaban J connectivity index is -0.000000268. The highest BCUT2D eigenvalue weighted by Gasteiger charge is 2.08. The maximum Gasteiger partial charge on any atom is 0.375 e. The van der Waals surface area contributed by atoms with Gasteiger partial charge in [0.15, 0.2) is 0 Å². The lowest BCUT2D eigenvalue weighted by molar-refractivity contribution is 0.370. The van der Waals surface area contributed by atoms with Gasteiger partial charge in [0.2, 0.25) is 18.2 Å².